The number of ether oxygens (including phenoxy) is 8. The highest BCUT2D eigenvalue weighted by Crippen LogP contribution is 2.41. The number of aliphatic hydroxyl groups is 13. The zero-order valence-corrected chi connectivity index (χ0v) is 57.0. The molecular formula is C68H120N2O26. The molecule has 0 radical (unpaired) electrons. The summed E-state index contributed by atoms with van der Waals surface area (Å²) >= 11 is 0. The Bertz CT molecular complexity index is 2220. The minimum atomic E-state index is -3.26. The van der Waals surface area contributed by atoms with Gasteiger partial charge in [-0.05, 0) is 51.9 Å². The van der Waals surface area contributed by atoms with Gasteiger partial charge in [0, 0.05) is 32.1 Å². The molecule has 4 aliphatic heterocycles. The lowest BCUT2D eigenvalue weighted by Gasteiger charge is -2.52. The first-order chi connectivity index (χ1) is 46.0. The number of nitrogens with one attached hydrogen (secondary N) is 2. The molecule has 0 aliphatic carbocycles. The fourth-order valence-corrected chi connectivity index (χ4v) is 12.8. The summed E-state index contributed by atoms with van der Waals surface area (Å²) in [6.07, 6.45) is -3.48. The van der Waals surface area contributed by atoms with Crippen molar-refractivity contribution in [3.63, 3.8) is 0 Å². The number of amides is 2. The number of carboxylic acids is 1. The Morgan fingerprint density at radius 1 is 0.573 bits per heavy atom. The lowest BCUT2D eigenvalue weighted by atomic mass is 9.87. The first-order valence-corrected chi connectivity index (χ1v) is 35.4. The molecule has 4 saturated heterocycles. The number of allylic oxidation sites excluding steroid dienone is 3. The van der Waals surface area contributed by atoms with Gasteiger partial charge in [0.15, 0.2) is 18.9 Å². The van der Waals surface area contributed by atoms with E-state index in [9.17, 15) is 90.7 Å². The van der Waals surface area contributed by atoms with E-state index in [1.54, 1.807) is 6.08 Å². The van der Waals surface area contributed by atoms with Crippen LogP contribution in [0.1, 0.15) is 207 Å². The van der Waals surface area contributed by atoms with Crippen LogP contribution >= 0.6 is 0 Å². The Morgan fingerprint density at radius 2 is 1.07 bits per heavy atom. The second-order valence-electron chi connectivity index (χ2n) is 26.4. The van der Waals surface area contributed by atoms with Crippen molar-refractivity contribution >= 4 is 23.6 Å². The molecule has 558 valence electrons. The maximum atomic E-state index is 13.6. The molecule has 23 atom stereocenters. The summed E-state index contributed by atoms with van der Waals surface area (Å²) in [6.45, 7) is 1.88. The maximum absolute atomic E-state index is 13.6. The van der Waals surface area contributed by atoms with Crippen LogP contribution in [0.4, 0.5) is 0 Å². The smallest absolute Gasteiger partial charge is 0.364 e. The van der Waals surface area contributed by atoms with Gasteiger partial charge in [-0.1, -0.05) is 154 Å². The van der Waals surface area contributed by atoms with Gasteiger partial charge in [-0.15, -0.1) is 0 Å². The summed E-state index contributed by atoms with van der Waals surface area (Å²) in [7, 11) is 0. The molecule has 96 heavy (non-hydrogen) atoms. The topological polar surface area (TPSA) is 449 Å². The van der Waals surface area contributed by atoms with Crippen LogP contribution < -0.4 is 10.6 Å². The first-order valence-electron chi connectivity index (χ1n) is 35.4. The zero-order valence-electron chi connectivity index (χ0n) is 57.0. The van der Waals surface area contributed by atoms with Crippen LogP contribution in [0.5, 0.6) is 0 Å². The molecule has 0 bridgehead atoms. The summed E-state index contributed by atoms with van der Waals surface area (Å²) in [4.78, 5) is 52.0. The predicted octanol–water partition coefficient (Wildman–Crippen LogP) is 2.00. The lowest BCUT2D eigenvalue weighted by molar-refractivity contribution is -0.403. The number of aliphatic carboxylic acids is 1. The highest BCUT2D eigenvalue weighted by Gasteiger charge is 2.61. The average Bonchev–Trinajstić information content (AvgIpc) is 0.752. The van der Waals surface area contributed by atoms with Gasteiger partial charge in [-0.25, -0.2) is 4.79 Å². The summed E-state index contributed by atoms with van der Waals surface area (Å²) in [5, 5.41) is 161. The van der Waals surface area contributed by atoms with Gasteiger partial charge in [0.05, 0.1) is 63.4 Å². The van der Waals surface area contributed by atoms with Crippen LogP contribution in [0.15, 0.2) is 24.3 Å². The van der Waals surface area contributed by atoms with E-state index in [2.05, 4.69) is 36.6 Å². The molecule has 4 heterocycles. The van der Waals surface area contributed by atoms with Crippen LogP contribution in [0.3, 0.4) is 0 Å². The van der Waals surface area contributed by atoms with Crippen LogP contribution in [0.25, 0.3) is 0 Å². The fourth-order valence-electron chi connectivity index (χ4n) is 12.8. The molecule has 23 unspecified atom stereocenters. The molecule has 4 fully saturated rings. The number of aliphatic hydroxyl groups excluding tert-OH is 13. The number of carbonyl (C=O) groups is 4. The van der Waals surface area contributed by atoms with Gasteiger partial charge in [-0.2, -0.15) is 0 Å². The van der Waals surface area contributed by atoms with Crippen LogP contribution in [-0.2, 0) is 57.1 Å². The van der Waals surface area contributed by atoms with Crippen molar-refractivity contribution in [3.05, 3.63) is 24.3 Å². The maximum Gasteiger partial charge on any atom is 0.364 e. The Balaban J connectivity index is 1.55. The number of hydrogen-bond donors (Lipinski definition) is 16. The normalized spacial score (nSPS) is 32.5. The van der Waals surface area contributed by atoms with Gasteiger partial charge in [0.2, 0.25) is 11.8 Å². The molecule has 0 spiro atoms. The van der Waals surface area contributed by atoms with Crippen molar-refractivity contribution in [1.29, 1.82) is 0 Å². The molecule has 28 heteroatoms. The van der Waals surface area contributed by atoms with Crippen LogP contribution in [0.2, 0.25) is 0 Å². The molecule has 4 rings (SSSR count). The minimum Gasteiger partial charge on any atom is -0.477 e. The fraction of sp³-hybridized carbons (Fsp3) is 0.882. The lowest BCUT2D eigenvalue weighted by Crippen LogP contribution is -2.71. The number of rotatable bonds is 49. The van der Waals surface area contributed by atoms with Crippen molar-refractivity contribution < 1.29 is 129 Å². The number of Topliss-reactive ketones (excluding diaryl/α,β-unsaturated/α-hetero) is 1. The Morgan fingerprint density at radius 3 is 1.60 bits per heavy atom. The molecule has 16 N–H and O–H groups in total. The summed E-state index contributed by atoms with van der Waals surface area (Å²) in [5.41, 5.74) is 0. The standard InChI is InChI=1S/C68H120N2O26/c1-5-7-9-11-13-15-17-19-20-22-24-26-28-30-32-34-52(80)70-45(46(77)33-31-29-27-25-23-21-18-16-14-12-10-8-6-2)41-89-65-58(85)57(84)60(50(39-73)91-65)93-66-59(86)63(61(51(40-74)92-66)94-64-44(35-42(3)75)54(81)56(83)49(38-72)90-64)96-68(67(87)88)36-47(78)53(69-43(4)76)62(95-68)55(82)48(79)37-71/h15,17,31,33,44-51,53-66,71-74,77-79,81-86H,5-14,16,18-30,32,34-41H2,1-4H3,(H,69,76)(H,70,80)(H,87,88). The first kappa shape index (κ1) is 85.1. The van der Waals surface area contributed by atoms with E-state index < -0.39 is 204 Å². The Hall–Kier alpha value is -3.28. The quantitative estimate of drug-likeness (QED) is 0.0306. The van der Waals surface area contributed by atoms with E-state index >= 15 is 0 Å². The third-order valence-electron chi connectivity index (χ3n) is 18.4. The van der Waals surface area contributed by atoms with Crippen molar-refractivity contribution in [3.8, 4) is 0 Å². The van der Waals surface area contributed by atoms with Crippen molar-refractivity contribution in [1.82, 2.24) is 10.6 Å². The molecule has 28 nitrogen and oxygen atoms in total. The number of ketones is 1. The number of carbonyl (C=O) groups excluding carboxylic acids is 3. The van der Waals surface area contributed by atoms with Crippen molar-refractivity contribution in [2.45, 2.75) is 342 Å². The Labute approximate surface area is 566 Å². The highest BCUT2D eigenvalue weighted by molar-refractivity contribution is 5.77. The van der Waals surface area contributed by atoms with Gasteiger partial charge >= 0.3 is 5.97 Å². The van der Waals surface area contributed by atoms with Gasteiger partial charge in [-0.3, -0.25) is 9.59 Å². The zero-order chi connectivity index (χ0) is 70.7. The largest absolute Gasteiger partial charge is 0.477 e. The summed E-state index contributed by atoms with van der Waals surface area (Å²) < 4.78 is 48.1. The van der Waals surface area contributed by atoms with E-state index in [0.717, 1.165) is 90.9 Å². The second kappa shape index (κ2) is 46.3. The minimum absolute atomic E-state index is 0.155. The monoisotopic (exact) mass is 1380 g/mol. The molecule has 0 aromatic heterocycles. The second-order valence-corrected chi connectivity index (χ2v) is 26.4. The van der Waals surface area contributed by atoms with Gasteiger partial charge < -0.3 is 125 Å². The van der Waals surface area contributed by atoms with Crippen LogP contribution in [0, 0.1) is 5.92 Å². The van der Waals surface area contributed by atoms with E-state index in [4.69, 9.17) is 37.9 Å². The van der Waals surface area contributed by atoms with E-state index in [-0.39, 0.29) is 12.3 Å². The van der Waals surface area contributed by atoms with Gasteiger partial charge in [0.1, 0.15) is 85.1 Å². The molecule has 0 saturated carbocycles. The third-order valence-corrected chi connectivity index (χ3v) is 18.4. The number of hydrogen-bond acceptors (Lipinski definition) is 25. The Kier molecular flexibility index (Phi) is 41.0. The van der Waals surface area contributed by atoms with E-state index in [0.29, 0.717) is 12.8 Å². The van der Waals surface area contributed by atoms with E-state index in [1.165, 1.54) is 70.6 Å². The van der Waals surface area contributed by atoms with E-state index in [1.807, 2.05) is 6.08 Å². The summed E-state index contributed by atoms with van der Waals surface area (Å²) in [6, 6.07) is -2.79. The van der Waals surface area contributed by atoms with Crippen LogP contribution in [-0.4, -0.2) is 262 Å². The number of unbranched alkanes of at least 4 members (excludes halogenated alkanes) is 22. The predicted molar refractivity (Wildman–Crippen MR) is 347 cm³/mol. The third kappa shape index (κ3) is 27.6. The molecule has 2 amide bonds. The molecule has 0 aromatic rings. The number of carboxylic acid groups (broad SMARTS) is 1. The van der Waals surface area contributed by atoms with Crippen molar-refractivity contribution in [2.75, 3.05) is 33.0 Å². The van der Waals surface area contributed by atoms with Gasteiger partial charge in [0.25, 0.3) is 5.79 Å². The molecule has 0 aromatic carbocycles. The molecular weight excluding hydrogens is 1260 g/mol. The summed E-state index contributed by atoms with van der Waals surface area (Å²) in [5.74, 6) is -8.56. The average molecular weight is 1380 g/mol. The SMILES string of the molecule is CCCCCCC=CCCCCCCCCCC(=O)NC(COC1OC(CO)C(OC2OC(CO)C(OC3OC(CO)C(O)C(O)C3CC(C)=O)C(OC3(C(=O)O)CC(O)C(NC(C)=O)C(C(O)C(O)CO)O3)C2O)C(O)C1O)C(O)C=CCCCCCCCCCCCCC. The van der Waals surface area contributed by atoms with Crippen molar-refractivity contribution in [2.24, 2.45) is 5.92 Å². The highest BCUT2D eigenvalue weighted by atomic mass is 16.8. The molecule has 4 aliphatic rings.